The molecule has 0 bridgehead atoms. The molecule has 1 aromatic heterocycles. The van der Waals surface area contributed by atoms with Gasteiger partial charge >= 0.3 is 0 Å². The van der Waals surface area contributed by atoms with Gasteiger partial charge < -0.3 is 20.9 Å². The summed E-state index contributed by atoms with van der Waals surface area (Å²) in [5, 5.41) is 13.8. The van der Waals surface area contributed by atoms with E-state index >= 15 is 0 Å². The van der Waals surface area contributed by atoms with Gasteiger partial charge in [0.2, 0.25) is 0 Å². The number of aliphatic hydroxyl groups is 1. The third-order valence-electron chi connectivity index (χ3n) is 3.37. The summed E-state index contributed by atoms with van der Waals surface area (Å²) in [6.45, 7) is 2.28. The zero-order chi connectivity index (χ0) is 15.5. The third-order valence-corrected chi connectivity index (χ3v) is 3.37. The standard InChI is InChI=1S/C15H20FN3O2/c1-15(20,5-7-21-2)9-19-14-11(16)8-12(17)10-4-3-6-18-13(10)14/h3-4,6,8,19-20H,5,7,9,17H2,1-2H3. The fourth-order valence-corrected chi connectivity index (χ4v) is 2.09. The lowest BCUT2D eigenvalue weighted by Crippen LogP contribution is -2.35. The van der Waals surface area contributed by atoms with E-state index in [1.165, 1.54) is 6.07 Å². The summed E-state index contributed by atoms with van der Waals surface area (Å²) in [6.07, 6.45) is 2.02. The van der Waals surface area contributed by atoms with Crippen molar-refractivity contribution in [2.75, 3.05) is 31.3 Å². The number of hydrogen-bond acceptors (Lipinski definition) is 5. The normalized spacial score (nSPS) is 14.1. The number of nitrogens with two attached hydrogens (primary N) is 1. The van der Waals surface area contributed by atoms with Gasteiger partial charge in [0, 0.05) is 44.0 Å². The van der Waals surface area contributed by atoms with Crippen LogP contribution in [0.1, 0.15) is 13.3 Å². The van der Waals surface area contributed by atoms with Crippen LogP contribution in [0.25, 0.3) is 10.9 Å². The number of rotatable bonds is 6. The first-order valence-corrected chi connectivity index (χ1v) is 6.72. The predicted molar refractivity (Wildman–Crippen MR) is 81.7 cm³/mol. The highest BCUT2D eigenvalue weighted by atomic mass is 19.1. The van der Waals surface area contributed by atoms with Gasteiger partial charge in [-0.05, 0) is 25.1 Å². The van der Waals surface area contributed by atoms with E-state index in [4.69, 9.17) is 10.5 Å². The highest BCUT2D eigenvalue weighted by Gasteiger charge is 2.21. The van der Waals surface area contributed by atoms with Gasteiger partial charge in [0.1, 0.15) is 0 Å². The van der Waals surface area contributed by atoms with E-state index in [1.807, 2.05) is 0 Å². The number of fused-ring (bicyclic) bond motifs is 1. The zero-order valence-corrected chi connectivity index (χ0v) is 12.2. The molecule has 0 spiro atoms. The summed E-state index contributed by atoms with van der Waals surface area (Å²) in [6, 6.07) is 4.79. The van der Waals surface area contributed by atoms with Crippen LogP contribution in [0.3, 0.4) is 0 Å². The van der Waals surface area contributed by atoms with Crippen LogP contribution in [0, 0.1) is 5.82 Å². The second-order valence-corrected chi connectivity index (χ2v) is 5.32. The molecular weight excluding hydrogens is 273 g/mol. The zero-order valence-electron chi connectivity index (χ0n) is 12.2. The lowest BCUT2D eigenvalue weighted by Gasteiger charge is -2.24. The fourth-order valence-electron chi connectivity index (χ4n) is 2.09. The molecule has 2 aromatic rings. The van der Waals surface area contributed by atoms with Crippen molar-refractivity contribution in [2.45, 2.75) is 18.9 Å². The van der Waals surface area contributed by atoms with Crippen molar-refractivity contribution in [3.8, 4) is 0 Å². The average Bonchev–Trinajstić information content (AvgIpc) is 2.45. The molecule has 0 fully saturated rings. The number of ether oxygens (including phenoxy) is 1. The first kappa shape index (κ1) is 15.5. The Labute approximate surface area is 122 Å². The number of methoxy groups -OCH3 is 1. The second-order valence-electron chi connectivity index (χ2n) is 5.32. The van der Waals surface area contributed by atoms with E-state index in [0.717, 1.165) is 0 Å². The molecule has 0 aliphatic rings. The van der Waals surface area contributed by atoms with E-state index in [1.54, 1.807) is 32.4 Å². The Balaban J connectivity index is 2.26. The minimum atomic E-state index is -1.01. The average molecular weight is 293 g/mol. The number of pyridine rings is 1. The first-order chi connectivity index (χ1) is 9.94. The van der Waals surface area contributed by atoms with Crippen molar-refractivity contribution >= 4 is 22.3 Å². The minimum absolute atomic E-state index is 0.183. The van der Waals surface area contributed by atoms with Gasteiger partial charge in [-0.1, -0.05) is 0 Å². The first-order valence-electron chi connectivity index (χ1n) is 6.72. The number of aromatic nitrogens is 1. The van der Waals surface area contributed by atoms with Crippen molar-refractivity contribution in [2.24, 2.45) is 0 Å². The molecule has 0 saturated carbocycles. The summed E-state index contributed by atoms with van der Waals surface area (Å²) in [4.78, 5) is 4.18. The van der Waals surface area contributed by atoms with Gasteiger partial charge in [0.25, 0.3) is 0 Å². The number of nitrogen functional groups attached to an aromatic ring is 1. The molecule has 1 heterocycles. The largest absolute Gasteiger partial charge is 0.398 e. The Kier molecular flexibility index (Phi) is 4.59. The van der Waals surface area contributed by atoms with E-state index in [-0.39, 0.29) is 12.2 Å². The molecule has 1 unspecified atom stereocenters. The van der Waals surface area contributed by atoms with Crippen LogP contribution in [0.4, 0.5) is 15.8 Å². The molecule has 5 nitrogen and oxygen atoms in total. The summed E-state index contributed by atoms with van der Waals surface area (Å²) in [5.74, 6) is -0.485. The fraction of sp³-hybridized carbons (Fsp3) is 0.400. The van der Waals surface area contributed by atoms with E-state index in [2.05, 4.69) is 10.3 Å². The quantitative estimate of drug-likeness (QED) is 0.711. The van der Waals surface area contributed by atoms with Crippen LogP contribution in [0.5, 0.6) is 0 Å². The molecule has 0 radical (unpaired) electrons. The van der Waals surface area contributed by atoms with Crippen molar-refractivity contribution in [3.63, 3.8) is 0 Å². The second kappa shape index (κ2) is 6.24. The molecule has 6 heteroatoms. The van der Waals surface area contributed by atoms with Gasteiger partial charge in [0.15, 0.2) is 5.82 Å². The molecule has 0 amide bonds. The predicted octanol–water partition coefficient (Wildman–Crippen LogP) is 2.16. The highest BCUT2D eigenvalue weighted by Crippen LogP contribution is 2.30. The SMILES string of the molecule is COCCC(C)(O)CNc1c(F)cc(N)c2cccnc12. The van der Waals surface area contributed by atoms with Crippen LogP contribution < -0.4 is 11.1 Å². The number of nitrogens with one attached hydrogen (secondary N) is 1. The Morgan fingerprint density at radius 2 is 2.29 bits per heavy atom. The van der Waals surface area contributed by atoms with Crippen molar-refractivity contribution < 1.29 is 14.2 Å². The third kappa shape index (κ3) is 3.59. The number of anilines is 2. The molecule has 4 N–H and O–H groups in total. The van der Waals surface area contributed by atoms with Crippen LogP contribution >= 0.6 is 0 Å². The van der Waals surface area contributed by atoms with Gasteiger partial charge in [-0.2, -0.15) is 0 Å². The Bertz CT molecular complexity index is 632. The van der Waals surface area contributed by atoms with Gasteiger partial charge in [-0.15, -0.1) is 0 Å². The number of nitrogens with zero attached hydrogens (tertiary/aromatic N) is 1. The maximum absolute atomic E-state index is 14.1. The topological polar surface area (TPSA) is 80.4 Å². The van der Waals surface area contributed by atoms with Crippen LogP contribution in [0.2, 0.25) is 0 Å². The minimum Gasteiger partial charge on any atom is -0.398 e. The van der Waals surface area contributed by atoms with Crippen LogP contribution in [0.15, 0.2) is 24.4 Å². The van der Waals surface area contributed by atoms with Crippen LogP contribution in [-0.4, -0.2) is 36.0 Å². The van der Waals surface area contributed by atoms with Crippen molar-refractivity contribution in [1.82, 2.24) is 4.98 Å². The van der Waals surface area contributed by atoms with Gasteiger partial charge in [0.05, 0.1) is 16.8 Å². The summed E-state index contributed by atoms with van der Waals surface area (Å²) >= 11 is 0. The van der Waals surface area contributed by atoms with Crippen molar-refractivity contribution in [3.05, 3.63) is 30.2 Å². The molecule has 0 aliphatic heterocycles. The molecule has 21 heavy (non-hydrogen) atoms. The van der Waals surface area contributed by atoms with E-state index in [0.29, 0.717) is 29.6 Å². The maximum atomic E-state index is 14.1. The number of benzene rings is 1. The lowest BCUT2D eigenvalue weighted by atomic mass is 10.0. The van der Waals surface area contributed by atoms with Crippen molar-refractivity contribution in [1.29, 1.82) is 0 Å². The lowest BCUT2D eigenvalue weighted by molar-refractivity contribution is 0.0357. The molecular formula is C15H20FN3O2. The van der Waals surface area contributed by atoms with Gasteiger partial charge in [-0.3, -0.25) is 4.98 Å². The molecule has 0 saturated heterocycles. The molecule has 1 aromatic carbocycles. The summed E-state index contributed by atoms with van der Waals surface area (Å²) in [7, 11) is 1.57. The summed E-state index contributed by atoms with van der Waals surface area (Å²) in [5.41, 5.74) is 5.83. The van der Waals surface area contributed by atoms with Crippen LogP contribution in [-0.2, 0) is 4.74 Å². The molecule has 114 valence electrons. The Hall–Kier alpha value is -1.92. The summed E-state index contributed by atoms with van der Waals surface area (Å²) < 4.78 is 19.1. The van der Waals surface area contributed by atoms with Gasteiger partial charge in [-0.25, -0.2) is 4.39 Å². The monoisotopic (exact) mass is 293 g/mol. The Morgan fingerprint density at radius 3 is 3.00 bits per heavy atom. The maximum Gasteiger partial charge on any atom is 0.150 e. The Morgan fingerprint density at radius 1 is 1.52 bits per heavy atom. The molecule has 1 atom stereocenters. The number of halogens is 1. The van der Waals surface area contributed by atoms with E-state index in [9.17, 15) is 9.50 Å². The smallest absolute Gasteiger partial charge is 0.150 e. The highest BCUT2D eigenvalue weighted by molar-refractivity contribution is 5.98. The van der Waals surface area contributed by atoms with E-state index < -0.39 is 11.4 Å². The molecule has 0 aliphatic carbocycles. The molecule has 2 rings (SSSR count). The number of hydrogen-bond donors (Lipinski definition) is 3.